The Labute approximate surface area is 191 Å². The molecule has 0 aliphatic heterocycles. The summed E-state index contributed by atoms with van der Waals surface area (Å²) in [6, 6.07) is 18.1. The van der Waals surface area contributed by atoms with Gasteiger partial charge in [0.15, 0.2) is 0 Å². The van der Waals surface area contributed by atoms with Gasteiger partial charge in [-0.1, -0.05) is 43.5 Å². The monoisotopic (exact) mass is 453 g/mol. The molecule has 0 heterocycles. The SMILES string of the molecule is Cc1cc(S(=O)[O-])cc(C)c1O.Oc1ccc(C2(c3ccc(O)cc3)CCCCC2)cc1. The highest BCUT2D eigenvalue weighted by Crippen LogP contribution is 2.45. The molecule has 3 aromatic rings. The van der Waals surface area contributed by atoms with Crippen LogP contribution in [0.2, 0.25) is 0 Å². The number of benzene rings is 3. The number of phenolic OH excluding ortho intramolecular Hbond substituents is 3. The van der Waals surface area contributed by atoms with Crippen LogP contribution in [0.3, 0.4) is 0 Å². The molecule has 5 nitrogen and oxygen atoms in total. The Morgan fingerprint density at radius 1 is 0.750 bits per heavy atom. The summed E-state index contributed by atoms with van der Waals surface area (Å²) >= 11 is -2.22. The van der Waals surface area contributed by atoms with Gasteiger partial charge in [0.1, 0.15) is 17.2 Å². The Morgan fingerprint density at radius 2 is 1.16 bits per heavy atom. The second-order valence-electron chi connectivity index (χ2n) is 8.38. The van der Waals surface area contributed by atoms with E-state index in [4.69, 9.17) is 0 Å². The van der Waals surface area contributed by atoms with E-state index in [1.807, 2.05) is 24.3 Å². The molecule has 6 heteroatoms. The largest absolute Gasteiger partial charge is 0.768 e. The molecule has 1 aliphatic carbocycles. The highest BCUT2D eigenvalue weighted by atomic mass is 32.2. The zero-order chi connectivity index (χ0) is 23.3. The van der Waals surface area contributed by atoms with Crippen molar-refractivity contribution in [1.82, 2.24) is 0 Å². The van der Waals surface area contributed by atoms with Crippen molar-refractivity contribution in [3.8, 4) is 17.2 Å². The van der Waals surface area contributed by atoms with Gasteiger partial charge in [-0.25, -0.2) is 0 Å². The first-order valence-electron chi connectivity index (χ1n) is 10.7. The fraction of sp³-hybridized carbons (Fsp3) is 0.308. The van der Waals surface area contributed by atoms with E-state index in [-0.39, 0.29) is 16.1 Å². The van der Waals surface area contributed by atoms with Gasteiger partial charge in [0.2, 0.25) is 0 Å². The van der Waals surface area contributed by atoms with Gasteiger partial charge < -0.3 is 19.9 Å². The Kier molecular flexibility index (Phi) is 7.59. The van der Waals surface area contributed by atoms with Gasteiger partial charge >= 0.3 is 0 Å². The van der Waals surface area contributed by atoms with Gasteiger partial charge in [-0.3, -0.25) is 4.21 Å². The molecule has 0 spiro atoms. The van der Waals surface area contributed by atoms with E-state index >= 15 is 0 Å². The van der Waals surface area contributed by atoms with E-state index in [9.17, 15) is 24.1 Å². The average molecular weight is 454 g/mol. The lowest BCUT2D eigenvalue weighted by Crippen LogP contribution is -2.30. The van der Waals surface area contributed by atoms with Crippen molar-refractivity contribution in [2.45, 2.75) is 56.3 Å². The van der Waals surface area contributed by atoms with Gasteiger partial charge in [-0.05, 0) is 96.4 Å². The smallest absolute Gasteiger partial charge is 0.121 e. The summed E-state index contributed by atoms with van der Waals surface area (Å²) in [6.07, 6.45) is 5.99. The second kappa shape index (κ2) is 10.2. The Balaban J connectivity index is 0.000000207. The number of phenols is 3. The fourth-order valence-corrected chi connectivity index (χ4v) is 5.02. The number of rotatable bonds is 3. The first kappa shape index (κ1) is 23.8. The summed E-state index contributed by atoms with van der Waals surface area (Å²) in [5.74, 6) is 0.778. The summed E-state index contributed by atoms with van der Waals surface area (Å²) in [5.41, 5.74) is 3.71. The molecule has 0 saturated heterocycles. The van der Waals surface area contributed by atoms with Gasteiger partial charge in [-0.2, -0.15) is 0 Å². The molecule has 1 atom stereocenters. The third kappa shape index (κ3) is 5.31. The van der Waals surface area contributed by atoms with Crippen LogP contribution in [-0.4, -0.2) is 24.1 Å². The number of aryl methyl sites for hydroxylation is 2. The van der Waals surface area contributed by atoms with E-state index < -0.39 is 11.1 Å². The normalized spacial score (nSPS) is 16.0. The van der Waals surface area contributed by atoms with Crippen LogP contribution >= 0.6 is 0 Å². The molecular formula is C26H29O5S-. The highest BCUT2D eigenvalue weighted by Gasteiger charge is 2.35. The molecular weight excluding hydrogens is 424 g/mol. The molecule has 3 aromatic carbocycles. The van der Waals surface area contributed by atoms with Crippen LogP contribution in [-0.2, 0) is 16.5 Å². The highest BCUT2D eigenvalue weighted by molar-refractivity contribution is 7.79. The van der Waals surface area contributed by atoms with Crippen molar-refractivity contribution in [2.24, 2.45) is 0 Å². The van der Waals surface area contributed by atoms with Crippen LogP contribution in [0.25, 0.3) is 0 Å². The first-order chi connectivity index (χ1) is 15.2. The van der Waals surface area contributed by atoms with Gasteiger partial charge in [0.05, 0.1) is 0 Å². The van der Waals surface area contributed by atoms with Crippen LogP contribution in [0, 0.1) is 13.8 Å². The lowest BCUT2D eigenvalue weighted by Gasteiger charge is -2.38. The second-order valence-corrected chi connectivity index (χ2v) is 9.32. The van der Waals surface area contributed by atoms with Crippen LogP contribution in [0.15, 0.2) is 65.6 Å². The minimum absolute atomic E-state index is 0.0274. The molecule has 1 unspecified atom stereocenters. The van der Waals surface area contributed by atoms with Crippen molar-refractivity contribution < 1.29 is 24.1 Å². The minimum Gasteiger partial charge on any atom is -0.768 e. The van der Waals surface area contributed by atoms with Crippen LogP contribution in [0.5, 0.6) is 17.2 Å². The van der Waals surface area contributed by atoms with Crippen molar-refractivity contribution in [1.29, 1.82) is 0 Å². The average Bonchev–Trinajstić information content (AvgIpc) is 2.79. The van der Waals surface area contributed by atoms with Crippen LogP contribution < -0.4 is 0 Å². The van der Waals surface area contributed by atoms with Crippen molar-refractivity contribution in [2.75, 3.05) is 0 Å². The van der Waals surface area contributed by atoms with Gasteiger partial charge in [0.25, 0.3) is 0 Å². The molecule has 0 amide bonds. The van der Waals surface area contributed by atoms with Crippen molar-refractivity contribution in [3.63, 3.8) is 0 Å². The molecule has 0 bridgehead atoms. The van der Waals surface area contributed by atoms with E-state index in [0.29, 0.717) is 22.6 Å². The van der Waals surface area contributed by atoms with E-state index in [2.05, 4.69) is 0 Å². The number of hydrogen-bond donors (Lipinski definition) is 3. The maximum atomic E-state index is 10.5. The zero-order valence-corrected chi connectivity index (χ0v) is 19.2. The first-order valence-corrected chi connectivity index (χ1v) is 11.8. The molecule has 0 radical (unpaired) electrons. The Hall–Kier alpha value is -2.83. The lowest BCUT2D eigenvalue weighted by atomic mass is 9.65. The van der Waals surface area contributed by atoms with Crippen LogP contribution in [0.1, 0.15) is 54.4 Å². The molecule has 1 saturated carbocycles. The topological polar surface area (TPSA) is 101 Å². The molecule has 170 valence electrons. The van der Waals surface area contributed by atoms with Crippen molar-refractivity contribution in [3.05, 3.63) is 82.9 Å². The molecule has 1 aliphatic rings. The number of hydrogen-bond acceptors (Lipinski definition) is 5. The van der Waals surface area contributed by atoms with Gasteiger partial charge in [-0.15, -0.1) is 0 Å². The summed E-state index contributed by atoms with van der Waals surface area (Å²) in [4.78, 5) is 0.211. The third-order valence-electron chi connectivity index (χ3n) is 6.20. The summed E-state index contributed by atoms with van der Waals surface area (Å²) in [5, 5.41) is 28.3. The Bertz CT molecular complexity index is 998. The fourth-order valence-electron chi connectivity index (χ4n) is 4.47. The minimum atomic E-state index is -2.22. The van der Waals surface area contributed by atoms with E-state index in [1.54, 1.807) is 38.1 Å². The van der Waals surface area contributed by atoms with Crippen LogP contribution in [0.4, 0.5) is 0 Å². The van der Waals surface area contributed by atoms with Gasteiger partial charge in [0, 0.05) is 10.3 Å². The molecule has 32 heavy (non-hydrogen) atoms. The summed E-state index contributed by atoms with van der Waals surface area (Å²) < 4.78 is 21.1. The quantitative estimate of drug-likeness (QED) is 0.449. The number of aromatic hydroxyl groups is 3. The molecule has 0 aromatic heterocycles. The Morgan fingerprint density at radius 3 is 1.53 bits per heavy atom. The molecule has 1 fully saturated rings. The zero-order valence-electron chi connectivity index (χ0n) is 18.4. The lowest BCUT2D eigenvalue weighted by molar-refractivity contribution is 0.345. The predicted molar refractivity (Wildman–Crippen MR) is 125 cm³/mol. The maximum Gasteiger partial charge on any atom is 0.121 e. The molecule has 3 N–H and O–H groups in total. The predicted octanol–water partition coefficient (Wildman–Crippen LogP) is 5.60. The standard InChI is InChI=1S/C18H20O2.C8H10O3S/c19-16-8-4-14(5-9-16)18(12-2-1-3-13-18)15-6-10-17(20)11-7-15;1-5-3-7(12(10)11)4-6(2)8(5)9/h4-11,19-20H,1-3,12-13H2;3-4,9H,1-2H3,(H,10,11)/p-1. The van der Waals surface area contributed by atoms with E-state index in [1.165, 1.54) is 42.5 Å². The summed E-state index contributed by atoms with van der Waals surface area (Å²) in [6.45, 7) is 3.33. The van der Waals surface area contributed by atoms with E-state index in [0.717, 1.165) is 12.8 Å². The molecule has 4 rings (SSSR count). The van der Waals surface area contributed by atoms with Crippen molar-refractivity contribution >= 4 is 11.1 Å². The maximum absolute atomic E-state index is 10.5. The third-order valence-corrected chi connectivity index (χ3v) is 6.82. The summed E-state index contributed by atoms with van der Waals surface area (Å²) in [7, 11) is 0.